The number of fused-ring (bicyclic) bond motifs is 2. The lowest BCUT2D eigenvalue weighted by Gasteiger charge is -2.24. The number of nitrogens with one attached hydrogen (secondary N) is 2. The predicted octanol–water partition coefficient (Wildman–Crippen LogP) is 3.95. The molecule has 2 bridgehead atoms. The molecule has 0 saturated heterocycles. The summed E-state index contributed by atoms with van der Waals surface area (Å²) in [6, 6.07) is 4.98. The quantitative estimate of drug-likeness (QED) is 0.808. The van der Waals surface area contributed by atoms with Crippen LogP contribution in [0.5, 0.6) is 0 Å². The van der Waals surface area contributed by atoms with Crippen molar-refractivity contribution >= 4 is 34.6 Å². The summed E-state index contributed by atoms with van der Waals surface area (Å²) in [5.41, 5.74) is 0.366. The monoisotopic (exact) mass is 298 g/mol. The Kier molecular flexibility index (Phi) is 3.63. The Morgan fingerprint density at radius 2 is 2.16 bits per heavy atom. The maximum Gasteiger partial charge on any atom is 0.171 e. The molecule has 2 aliphatic rings. The number of anilines is 1. The number of thiocarbonyl (C=S) groups is 1. The van der Waals surface area contributed by atoms with Gasteiger partial charge in [-0.15, -0.1) is 0 Å². The molecule has 0 aliphatic heterocycles. The fraction of sp³-hybridized carbons (Fsp3) is 0.500. The van der Waals surface area contributed by atoms with E-state index in [1.54, 1.807) is 12.1 Å². The van der Waals surface area contributed by atoms with Crippen LogP contribution in [0.4, 0.5) is 10.1 Å². The van der Waals surface area contributed by atoms with E-state index in [2.05, 4.69) is 10.6 Å². The molecular formula is C14H16ClFN2S. The SMILES string of the molecule is Fc1cc(Cl)ccc1NC(=S)N[C@H]1C[C@@H]2CC[C@@H]1C2. The van der Waals surface area contributed by atoms with E-state index in [4.69, 9.17) is 23.8 Å². The van der Waals surface area contributed by atoms with Crippen molar-refractivity contribution in [2.75, 3.05) is 5.32 Å². The summed E-state index contributed by atoms with van der Waals surface area (Å²) in [6.07, 6.45) is 5.15. The highest BCUT2D eigenvalue weighted by Crippen LogP contribution is 2.44. The lowest BCUT2D eigenvalue weighted by Crippen LogP contribution is -2.40. The molecule has 2 saturated carbocycles. The van der Waals surface area contributed by atoms with Crippen molar-refractivity contribution in [1.29, 1.82) is 0 Å². The van der Waals surface area contributed by atoms with Crippen molar-refractivity contribution in [3.63, 3.8) is 0 Å². The van der Waals surface area contributed by atoms with Crippen molar-refractivity contribution in [3.05, 3.63) is 29.0 Å². The average molecular weight is 299 g/mol. The van der Waals surface area contributed by atoms with Crippen LogP contribution in [0.25, 0.3) is 0 Å². The highest BCUT2D eigenvalue weighted by molar-refractivity contribution is 7.80. The first kappa shape index (κ1) is 13.1. The van der Waals surface area contributed by atoms with Gasteiger partial charge in [0.2, 0.25) is 0 Å². The fourth-order valence-corrected chi connectivity index (χ4v) is 3.76. The molecule has 0 amide bonds. The highest BCUT2D eigenvalue weighted by Gasteiger charge is 2.39. The third-order valence-corrected chi connectivity index (χ3v) is 4.69. The zero-order valence-electron chi connectivity index (χ0n) is 10.5. The number of benzene rings is 1. The van der Waals surface area contributed by atoms with E-state index < -0.39 is 0 Å². The third kappa shape index (κ3) is 2.84. The molecule has 19 heavy (non-hydrogen) atoms. The van der Waals surface area contributed by atoms with Crippen LogP contribution >= 0.6 is 23.8 Å². The van der Waals surface area contributed by atoms with Crippen LogP contribution < -0.4 is 10.6 Å². The first-order valence-corrected chi connectivity index (χ1v) is 7.43. The molecule has 0 spiro atoms. The number of hydrogen-bond donors (Lipinski definition) is 2. The Morgan fingerprint density at radius 1 is 1.32 bits per heavy atom. The Balaban J connectivity index is 1.59. The topological polar surface area (TPSA) is 24.1 Å². The second kappa shape index (κ2) is 5.25. The molecule has 2 fully saturated rings. The summed E-state index contributed by atoms with van der Waals surface area (Å²) in [4.78, 5) is 0. The molecule has 2 nitrogen and oxygen atoms in total. The normalized spacial score (nSPS) is 28.4. The molecule has 0 heterocycles. The molecule has 0 aromatic heterocycles. The van der Waals surface area contributed by atoms with Crippen LogP contribution in [-0.2, 0) is 0 Å². The van der Waals surface area contributed by atoms with Gasteiger partial charge in [-0.1, -0.05) is 18.0 Å². The highest BCUT2D eigenvalue weighted by atomic mass is 35.5. The summed E-state index contributed by atoms with van der Waals surface area (Å²) in [5.74, 6) is 1.21. The van der Waals surface area contributed by atoms with Gasteiger partial charge < -0.3 is 10.6 Å². The zero-order valence-corrected chi connectivity index (χ0v) is 12.0. The largest absolute Gasteiger partial charge is 0.359 e. The van der Waals surface area contributed by atoms with Crippen LogP contribution in [-0.4, -0.2) is 11.2 Å². The maximum absolute atomic E-state index is 13.6. The molecular weight excluding hydrogens is 283 g/mol. The van der Waals surface area contributed by atoms with Crippen LogP contribution in [0.3, 0.4) is 0 Å². The Morgan fingerprint density at radius 3 is 2.79 bits per heavy atom. The molecule has 1 aromatic carbocycles. The predicted molar refractivity (Wildman–Crippen MR) is 80.0 cm³/mol. The van der Waals surface area contributed by atoms with Crippen LogP contribution in [0.2, 0.25) is 5.02 Å². The van der Waals surface area contributed by atoms with Crippen LogP contribution in [0, 0.1) is 17.7 Å². The smallest absolute Gasteiger partial charge is 0.171 e. The van der Waals surface area contributed by atoms with Crippen molar-refractivity contribution < 1.29 is 4.39 Å². The van der Waals surface area contributed by atoms with E-state index in [0.29, 0.717) is 21.9 Å². The molecule has 3 atom stereocenters. The molecule has 102 valence electrons. The van der Waals surface area contributed by atoms with Gasteiger partial charge in [-0.05, 0) is 61.5 Å². The first-order chi connectivity index (χ1) is 9.11. The number of halogens is 2. The van der Waals surface area contributed by atoms with E-state index in [0.717, 1.165) is 11.8 Å². The maximum atomic E-state index is 13.6. The van der Waals surface area contributed by atoms with Gasteiger partial charge in [-0.3, -0.25) is 0 Å². The molecule has 5 heteroatoms. The van der Waals surface area contributed by atoms with Crippen molar-refractivity contribution in [3.8, 4) is 0 Å². The summed E-state index contributed by atoms with van der Waals surface area (Å²) in [5, 5.41) is 7.11. The van der Waals surface area contributed by atoms with Gasteiger partial charge in [-0.25, -0.2) is 4.39 Å². The number of hydrogen-bond acceptors (Lipinski definition) is 1. The van der Waals surface area contributed by atoms with Gasteiger partial charge >= 0.3 is 0 Å². The van der Waals surface area contributed by atoms with Gasteiger partial charge in [-0.2, -0.15) is 0 Å². The summed E-state index contributed by atoms with van der Waals surface area (Å²) >= 11 is 11.0. The van der Waals surface area contributed by atoms with E-state index in [9.17, 15) is 4.39 Å². The first-order valence-electron chi connectivity index (χ1n) is 6.64. The lowest BCUT2D eigenvalue weighted by atomic mass is 9.96. The van der Waals surface area contributed by atoms with Gasteiger partial charge in [0.05, 0.1) is 5.69 Å². The van der Waals surface area contributed by atoms with Crippen molar-refractivity contribution in [2.24, 2.45) is 11.8 Å². The van der Waals surface area contributed by atoms with Crippen LogP contribution in [0.1, 0.15) is 25.7 Å². The second-order valence-corrected chi connectivity index (χ2v) is 6.35. The minimum atomic E-state index is -0.385. The minimum absolute atomic E-state index is 0.366. The summed E-state index contributed by atoms with van der Waals surface area (Å²) in [6.45, 7) is 0. The second-order valence-electron chi connectivity index (χ2n) is 5.50. The van der Waals surface area contributed by atoms with E-state index in [1.807, 2.05) is 0 Å². The number of rotatable bonds is 2. The molecule has 3 rings (SSSR count). The Labute approximate surface area is 122 Å². The lowest BCUT2D eigenvalue weighted by molar-refractivity contribution is 0.391. The van der Waals surface area contributed by atoms with Gasteiger partial charge in [0.1, 0.15) is 5.82 Å². The third-order valence-electron chi connectivity index (χ3n) is 4.23. The summed E-state index contributed by atoms with van der Waals surface area (Å²) in [7, 11) is 0. The zero-order chi connectivity index (χ0) is 13.4. The molecule has 0 radical (unpaired) electrons. The molecule has 2 N–H and O–H groups in total. The molecule has 2 aliphatic carbocycles. The fourth-order valence-electron chi connectivity index (χ4n) is 3.34. The average Bonchev–Trinajstić information content (AvgIpc) is 2.95. The van der Waals surface area contributed by atoms with Crippen LogP contribution in [0.15, 0.2) is 18.2 Å². The van der Waals surface area contributed by atoms with E-state index in [1.165, 1.54) is 31.7 Å². The van der Waals surface area contributed by atoms with Gasteiger partial charge in [0, 0.05) is 11.1 Å². The summed E-state index contributed by atoms with van der Waals surface area (Å²) < 4.78 is 13.6. The van der Waals surface area contributed by atoms with Crippen molar-refractivity contribution in [2.45, 2.75) is 31.7 Å². The molecule has 0 unspecified atom stereocenters. The van der Waals surface area contributed by atoms with E-state index >= 15 is 0 Å². The minimum Gasteiger partial charge on any atom is -0.359 e. The standard InChI is InChI=1S/C14H16ClFN2S/c15-10-3-4-12(11(16)7-10)17-14(19)18-13-6-8-1-2-9(13)5-8/h3-4,7-9,13H,1-2,5-6H2,(H2,17,18,19)/t8-,9-,13+/m1/s1. The molecule has 1 aromatic rings. The van der Waals surface area contributed by atoms with E-state index in [-0.39, 0.29) is 5.82 Å². The van der Waals surface area contributed by atoms with Crippen molar-refractivity contribution in [1.82, 2.24) is 5.32 Å². The Bertz CT molecular complexity index is 508. The van der Waals surface area contributed by atoms with Gasteiger partial charge in [0.15, 0.2) is 5.11 Å². The Hall–Kier alpha value is -0.870. The van der Waals surface area contributed by atoms with Gasteiger partial charge in [0.25, 0.3) is 0 Å².